The third-order valence-corrected chi connectivity index (χ3v) is 8.34. The van der Waals surface area contributed by atoms with Crippen LogP contribution in [0, 0.1) is 0 Å². The van der Waals surface area contributed by atoms with E-state index in [1.807, 2.05) is 24.4 Å². The summed E-state index contributed by atoms with van der Waals surface area (Å²) in [5.74, 6) is -2.70. The summed E-state index contributed by atoms with van der Waals surface area (Å²) in [6.45, 7) is 1.55. The Morgan fingerprint density at radius 2 is 2.22 bits per heavy atom. The molecule has 0 bridgehead atoms. The summed E-state index contributed by atoms with van der Waals surface area (Å²) in [4.78, 5) is 61.8. The number of carboxylic acid groups (broad SMARTS) is 1. The number of quaternary nitrogens is 1. The summed E-state index contributed by atoms with van der Waals surface area (Å²) in [7, 11) is 0. The highest BCUT2D eigenvalue weighted by atomic mass is 32.2. The molecular formula is C22H23N7O6S2. The number of fused-ring (bicyclic) bond motifs is 1. The maximum absolute atomic E-state index is 13.2. The molecule has 4 aliphatic rings. The second-order valence-electron chi connectivity index (χ2n) is 8.60. The van der Waals surface area contributed by atoms with Crippen LogP contribution < -0.4 is 26.4 Å². The number of allylic oxidation sites excluding steroid dienone is 2. The number of carbonyl (C=O) groups is 4. The van der Waals surface area contributed by atoms with Crippen LogP contribution >= 0.6 is 23.1 Å². The van der Waals surface area contributed by atoms with Gasteiger partial charge in [-0.05, 0) is 12.2 Å². The molecule has 2 fully saturated rings. The maximum Gasteiger partial charge on any atom is 0.275 e. The van der Waals surface area contributed by atoms with E-state index < -0.39 is 35.3 Å². The van der Waals surface area contributed by atoms with Crippen molar-refractivity contribution in [1.29, 1.82) is 0 Å². The first-order valence-electron chi connectivity index (χ1n) is 11.4. The molecule has 3 amide bonds. The normalized spacial score (nSPS) is 27.0. The number of anilines is 1. The third-order valence-electron chi connectivity index (χ3n) is 6.17. The Morgan fingerprint density at radius 3 is 2.86 bits per heavy atom. The molecule has 2 saturated heterocycles. The van der Waals surface area contributed by atoms with Gasteiger partial charge in [0.05, 0.1) is 22.7 Å². The van der Waals surface area contributed by atoms with E-state index in [0.717, 1.165) is 16.2 Å². The summed E-state index contributed by atoms with van der Waals surface area (Å²) in [6, 6.07) is -0.983. The van der Waals surface area contributed by atoms with Gasteiger partial charge in [-0.15, -0.1) is 11.8 Å². The predicted octanol–water partition coefficient (Wildman–Crippen LogP) is -3.29. The molecule has 0 aromatic carbocycles. The minimum Gasteiger partial charge on any atom is -0.543 e. The van der Waals surface area contributed by atoms with Crippen LogP contribution in [0.2, 0.25) is 0 Å². The number of hydrogen-bond acceptors (Lipinski definition) is 11. The number of aliphatic carboxylic acids is 1. The lowest BCUT2D eigenvalue weighted by Gasteiger charge is -2.50. The lowest BCUT2D eigenvalue weighted by Crippen LogP contribution is -3.08. The standard InChI is InChI=1S/C22H23N7O6S2/c23-22-25-8-13(37-22)14(27-35-12-4-5-24-17(12)30)18(31)26-15-19(32)29-16(21(33)34)11(10-36-20(15)29)9-28-6-2-1-3-7-28/h1-3,6,8,12,15,20H,4-5,7,9-10H2,(H2,23,25)(H,24,30)(H,26,31)(H,33,34)/b27-14-/t12?,15-,20-/m1/s1. The monoisotopic (exact) mass is 545 g/mol. The number of β-lactam (4-membered cyclic amide) rings is 1. The smallest absolute Gasteiger partial charge is 0.275 e. The number of nitrogens with zero attached hydrogens (tertiary/aromatic N) is 3. The number of aromatic nitrogens is 1. The predicted molar refractivity (Wildman–Crippen MR) is 132 cm³/mol. The lowest BCUT2D eigenvalue weighted by molar-refractivity contribution is -0.835. The number of amides is 3. The van der Waals surface area contributed by atoms with Crippen molar-refractivity contribution in [3.63, 3.8) is 0 Å². The first-order valence-corrected chi connectivity index (χ1v) is 13.3. The Kier molecular flexibility index (Phi) is 6.99. The fourth-order valence-electron chi connectivity index (χ4n) is 4.36. The van der Waals surface area contributed by atoms with Crippen molar-refractivity contribution >= 4 is 57.6 Å². The van der Waals surface area contributed by atoms with E-state index in [1.165, 1.54) is 22.9 Å². The largest absolute Gasteiger partial charge is 0.543 e. The molecule has 5 N–H and O–H groups in total. The van der Waals surface area contributed by atoms with Gasteiger partial charge in [0.2, 0.25) is 6.10 Å². The van der Waals surface area contributed by atoms with Gasteiger partial charge in [-0.25, -0.2) is 4.98 Å². The molecule has 0 radical (unpaired) electrons. The van der Waals surface area contributed by atoms with Crippen LogP contribution in [-0.2, 0) is 24.0 Å². The highest BCUT2D eigenvalue weighted by Crippen LogP contribution is 2.39. The van der Waals surface area contributed by atoms with Gasteiger partial charge in [-0.3, -0.25) is 19.3 Å². The molecule has 4 aliphatic heterocycles. The molecule has 0 aliphatic carbocycles. The molecule has 194 valence electrons. The van der Waals surface area contributed by atoms with Crippen molar-refractivity contribution in [3.8, 4) is 0 Å². The van der Waals surface area contributed by atoms with E-state index in [9.17, 15) is 24.3 Å². The number of nitrogens with one attached hydrogen (secondary N) is 3. The molecule has 1 aromatic rings. The Labute approximate surface area is 219 Å². The second-order valence-corrected chi connectivity index (χ2v) is 10.8. The fourth-order valence-corrected chi connectivity index (χ4v) is 6.37. The molecule has 1 aromatic heterocycles. The van der Waals surface area contributed by atoms with Gasteiger partial charge >= 0.3 is 0 Å². The van der Waals surface area contributed by atoms with Gasteiger partial charge < -0.3 is 36.0 Å². The zero-order valence-electron chi connectivity index (χ0n) is 19.3. The van der Waals surface area contributed by atoms with E-state index >= 15 is 0 Å². The van der Waals surface area contributed by atoms with Crippen molar-refractivity contribution < 1.29 is 34.0 Å². The van der Waals surface area contributed by atoms with E-state index in [-0.39, 0.29) is 27.3 Å². The average Bonchev–Trinajstić information content (AvgIpc) is 3.50. The van der Waals surface area contributed by atoms with Crippen LogP contribution in [0.15, 0.2) is 47.1 Å². The second kappa shape index (κ2) is 10.4. The Bertz CT molecular complexity index is 1270. The molecule has 0 saturated carbocycles. The molecule has 13 nitrogen and oxygen atoms in total. The van der Waals surface area contributed by atoms with Gasteiger partial charge in [0.15, 0.2) is 10.8 Å². The Balaban J connectivity index is 1.32. The van der Waals surface area contributed by atoms with Crippen molar-refractivity contribution in [2.45, 2.75) is 23.9 Å². The number of oxime groups is 1. The van der Waals surface area contributed by atoms with E-state index in [0.29, 0.717) is 37.4 Å². The highest BCUT2D eigenvalue weighted by Gasteiger charge is 2.53. The highest BCUT2D eigenvalue weighted by molar-refractivity contribution is 8.00. The molecule has 2 unspecified atom stereocenters. The number of hydrogen-bond donors (Lipinski definition) is 4. The average molecular weight is 546 g/mol. The van der Waals surface area contributed by atoms with Crippen molar-refractivity contribution in [2.75, 3.05) is 31.1 Å². The van der Waals surface area contributed by atoms with Crippen LogP contribution in [0.3, 0.4) is 0 Å². The fraction of sp³-hybridized carbons (Fsp3) is 0.364. The van der Waals surface area contributed by atoms with Crippen LogP contribution in [0.1, 0.15) is 11.3 Å². The van der Waals surface area contributed by atoms with E-state index in [2.05, 4.69) is 20.8 Å². The Morgan fingerprint density at radius 1 is 1.38 bits per heavy atom. The SMILES string of the molecule is Nc1ncc(/C(=N/OC2CCNC2=O)C(=O)N[C@@H]2C(=O)N3C(C(=O)[O-])=C(C[NH+]4C=CC=CC4)CS[C@H]23)s1. The molecule has 37 heavy (non-hydrogen) atoms. The molecule has 4 atom stereocenters. The first kappa shape index (κ1) is 25.0. The van der Waals surface area contributed by atoms with E-state index in [1.54, 1.807) is 0 Å². The van der Waals surface area contributed by atoms with Crippen LogP contribution in [-0.4, -0.2) is 82.2 Å². The topological polar surface area (TPSA) is 184 Å². The number of thioether (sulfide) groups is 1. The molecule has 0 spiro atoms. The van der Waals surface area contributed by atoms with Gasteiger partial charge in [0, 0.05) is 30.5 Å². The molecular weight excluding hydrogens is 522 g/mol. The van der Waals surface area contributed by atoms with Crippen LogP contribution in [0.5, 0.6) is 0 Å². The number of carboxylic acids is 1. The third kappa shape index (κ3) is 4.97. The quantitative estimate of drug-likeness (QED) is 0.148. The number of nitrogens with two attached hydrogens (primary N) is 1. The maximum atomic E-state index is 13.2. The molecule has 5 rings (SSSR count). The van der Waals surface area contributed by atoms with Gasteiger partial charge in [-0.1, -0.05) is 22.6 Å². The number of carbonyl (C=O) groups excluding carboxylic acids is 4. The summed E-state index contributed by atoms with van der Waals surface area (Å²) in [5.41, 5.74) is 5.97. The minimum atomic E-state index is -1.43. The Hall–Kier alpha value is -3.69. The first-order chi connectivity index (χ1) is 17.8. The van der Waals surface area contributed by atoms with Gasteiger partial charge in [0.1, 0.15) is 24.5 Å². The zero-order valence-corrected chi connectivity index (χ0v) is 21.0. The number of nitrogen functional groups attached to an aromatic ring is 1. The van der Waals surface area contributed by atoms with Gasteiger partial charge in [-0.2, -0.15) is 0 Å². The van der Waals surface area contributed by atoms with Crippen molar-refractivity contribution in [1.82, 2.24) is 20.5 Å². The number of rotatable bonds is 8. The van der Waals surface area contributed by atoms with Gasteiger partial charge in [0.25, 0.3) is 17.7 Å². The van der Waals surface area contributed by atoms with Crippen molar-refractivity contribution in [3.05, 3.63) is 46.8 Å². The van der Waals surface area contributed by atoms with Crippen LogP contribution in [0.25, 0.3) is 0 Å². The summed E-state index contributed by atoms with van der Waals surface area (Å²) < 4.78 is 0. The zero-order chi connectivity index (χ0) is 26.1. The molecule has 15 heteroatoms. The van der Waals surface area contributed by atoms with Crippen molar-refractivity contribution in [2.24, 2.45) is 5.16 Å². The van der Waals surface area contributed by atoms with E-state index in [4.69, 9.17) is 10.6 Å². The summed E-state index contributed by atoms with van der Waals surface area (Å²) >= 11 is 2.36. The lowest BCUT2D eigenvalue weighted by atomic mass is 10.0. The van der Waals surface area contributed by atoms with Crippen LogP contribution in [0.4, 0.5) is 5.13 Å². The number of thiazole rings is 1. The summed E-state index contributed by atoms with van der Waals surface area (Å²) in [5, 5.41) is 20.7. The molecule has 5 heterocycles. The summed E-state index contributed by atoms with van der Waals surface area (Å²) in [6.07, 6.45) is 8.61. The minimum absolute atomic E-state index is 0.144.